The summed E-state index contributed by atoms with van der Waals surface area (Å²) in [6, 6.07) is 13.1. The summed E-state index contributed by atoms with van der Waals surface area (Å²) < 4.78 is 5.37. The predicted octanol–water partition coefficient (Wildman–Crippen LogP) is 14.3. The van der Waals surface area contributed by atoms with E-state index in [-0.39, 0.29) is 27.4 Å². The molecule has 6 rings (SSSR count). The largest absolute Gasteiger partial charge is 0.402 e. The highest BCUT2D eigenvalue weighted by molar-refractivity contribution is 7.99. The maximum Gasteiger partial charge on any atom is 0.218 e. The lowest BCUT2D eigenvalue weighted by atomic mass is 9.92. The number of tetrazole rings is 2. The van der Waals surface area contributed by atoms with Crippen LogP contribution in [0.3, 0.4) is 0 Å². The van der Waals surface area contributed by atoms with Gasteiger partial charge in [0.15, 0.2) is 5.76 Å². The molecule has 5 aromatic rings. The van der Waals surface area contributed by atoms with Crippen molar-refractivity contribution in [3.63, 3.8) is 0 Å². The summed E-state index contributed by atoms with van der Waals surface area (Å²) in [5.41, 5.74) is 15.4. The SMILES string of the molecule is CC(C)C(N)C1=CCC=CC1.CC(C)CSc1ccncc1.CC(C)Cn1cc(Cl)c(=O)c(Cl)c1.CC(C)Cn1cnnn1.CCC(/C(=C/N)OO)C(C)C.CCc1ccccc1CC(C)C.Cc1nnnn1CC(C)C. The van der Waals surface area contributed by atoms with Crippen molar-refractivity contribution in [1.82, 2.24) is 50.0 Å². The third-order valence-corrected chi connectivity index (χ3v) is 13.2. The maximum absolute atomic E-state index is 11.1. The fourth-order valence-electron chi connectivity index (χ4n) is 7.27. The van der Waals surface area contributed by atoms with Crippen molar-refractivity contribution in [2.75, 3.05) is 5.75 Å². The van der Waals surface area contributed by atoms with Crippen LogP contribution < -0.4 is 16.9 Å². The zero-order valence-corrected chi connectivity index (χ0v) is 52.1. The third-order valence-electron chi connectivity index (χ3n) is 11.2. The fourth-order valence-corrected chi connectivity index (χ4v) is 8.61. The smallest absolute Gasteiger partial charge is 0.218 e. The van der Waals surface area contributed by atoms with Crippen LogP contribution in [0.25, 0.3) is 0 Å². The van der Waals surface area contributed by atoms with Gasteiger partial charge >= 0.3 is 0 Å². The summed E-state index contributed by atoms with van der Waals surface area (Å²) in [5.74, 6) is 6.96. The van der Waals surface area contributed by atoms with Gasteiger partial charge in [-0.25, -0.2) is 14.6 Å². The molecule has 0 radical (unpaired) electrons. The van der Waals surface area contributed by atoms with Crippen LogP contribution in [-0.2, 0) is 37.4 Å². The molecular formula is C59H98Cl2N12O3S. The van der Waals surface area contributed by atoms with Gasteiger partial charge in [-0.15, -0.1) is 22.0 Å². The number of rotatable bonds is 18. The van der Waals surface area contributed by atoms with Crippen molar-refractivity contribution in [2.45, 2.75) is 180 Å². The first-order chi connectivity index (χ1) is 36.4. The molecule has 4 heterocycles. The second kappa shape index (κ2) is 42.1. The van der Waals surface area contributed by atoms with Gasteiger partial charge in [-0.1, -0.05) is 182 Å². The van der Waals surface area contributed by atoms with Crippen molar-refractivity contribution < 1.29 is 10.1 Å². The first-order valence-electron chi connectivity index (χ1n) is 27.3. The molecule has 4 aromatic heterocycles. The van der Waals surface area contributed by atoms with Crippen LogP contribution in [-0.4, -0.2) is 67.0 Å². The first kappa shape index (κ1) is 72.1. The third kappa shape index (κ3) is 33.9. The Morgan fingerprint density at radius 3 is 1.78 bits per heavy atom. The second-order valence-corrected chi connectivity index (χ2v) is 23.5. The summed E-state index contributed by atoms with van der Waals surface area (Å²) in [6.45, 7) is 38.9. The molecule has 1 aliphatic rings. The van der Waals surface area contributed by atoms with Gasteiger partial charge in [-0.3, -0.25) is 9.78 Å². The Kier molecular flexibility index (Phi) is 39.5. The summed E-state index contributed by atoms with van der Waals surface area (Å²) in [4.78, 5) is 20.6. The molecule has 0 saturated heterocycles. The zero-order valence-electron chi connectivity index (χ0n) is 49.8. The minimum atomic E-state index is -0.302. The van der Waals surface area contributed by atoms with E-state index in [0.717, 1.165) is 63.0 Å². The lowest BCUT2D eigenvalue weighted by molar-refractivity contribution is -0.213. The van der Waals surface area contributed by atoms with Crippen LogP contribution in [0, 0.1) is 54.3 Å². The molecule has 432 valence electrons. The molecular weight excluding hydrogens is 1030 g/mol. The maximum atomic E-state index is 11.1. The Hall–Kier alpha value is -4.87. The highest BCUT2D eigenvalue weighted by Gasteiger charge is 2.18. The number of hydrogen-bond acceptors (Lipinski definition) is 13. The normalized spacial score (nSPS) is 12.7. The van der Waals surface area contributed by atoms with Gasteiger partial charge in [-0.2, -0.15) is 0 Å². The summed E-state index contributed by atoms with van der Waals surface area (Å²) in [7, 11) is 0. The van der Waals surface area contributed by atoms with E-state index in [4.69, 9.17) is 39.9 Å². The highest BCUT2D eigenvalue weighted by atomic mass is 35.5. The van der Waals surface area contributed by atoms with Crippen LogP contribution in [0.1, 0.15) is 147 Å². The molecule has 0 fully saturated rings. The van der Waals surface area contributed by atoms with Crippen LogP contribution in [0.4, 0.5) is 0 Å². The number of hydrogen-bond donors (Lipinski definition) is 3. The van der Waals surface area contributed by atoms with Gasteiger partial charge < -0.3 is 20.9 Å². The minimum absolute atomic E-state index is 0.174. The quantitative estimate of drug-likeness (QED) is 0.0246. The van der Waals surface area contributed by atoms with E-state index < -0.39 is 0 Å². The van der Waals surface area contributed by atoms with Crippen molar-refractivity contribution >= 4 is 35.0 Å². The van der Waals surface area contributed by atoms with Crippen LogP contribution in [0.5, 0.6) is 0 Å². The number of halogens is 2. The van der Waals surface area contributed by atoms with Crippen molar-refractivity contribution in [3.8, 4) is 0 Å². The minimum Gasteiger partial charge on any atom is -0.402 e. The zero-order chi connectivity index (χ0) is 58.5. The molecule has 15 nitrogen and oxygen atoms in total. The standard InChI is InChI=1S/C12H18.C10H17N.C9H11Cl2NO.C9H13NS.C8H17NO2.C6H12N4.C5H10N4/c1-4-11-7-5-6-8-12(11)9-10(2)3;1-8(2)10(11)9-6-4-3-5-7-9;1-6(2)3-12-4-7(10)9(13)8(11)5-12;1-8(2)7-11-9-3-5-10-6-4-9;1-4-7(6(2)3)8(5-9)11-10;1-5(2)4-10-6(3)7-8-9-10;1-5(2)3-9-4-6-7-8-9/h5-8,10H,4,9H2,1-3H3;3-4,7-8,10H,5-6,11H2,1-2H3;4-6H,3H2,1-2H3;3-6,8H,7H2,1-2H3;5-7,10H,4,9H2,1-3H3;5H,4H2,1-3H3;4-5H,3H2,1-2H3/b;;;;8-5-;;. The average molecular weight is 1130 g/mol. The molecule has 0 bridgehead atoms. The van der Waals surface area contributed by atoms with Gasteiger partial charge in [0.1, 0.15) is 22.2 Å². The molecule has 5 N–H and O–H groups in total. The molecule has 0 aliphatic heterocycles. The van der Waals surface area contributed by atoms with Gasteiger partial charge in [0.2, 0.25) is 5.43 Å². The van der Waals surface area contributed by atoms with Gasteiger partial charge in [0, 0.05) is 73.2 Å². The van der Waals surface area contributed by atoms with Crippen LogP contribution in [0.2, 0.25) is 10.0 Å². The lowest BCUT2D eigenvalue weighted by Crippen LogP contribution is -2.28. The van der Waals surface area contributed by atoms with Crippen molar-refractivity contribution in [1.29, 1.82) is 0 Å². The monoisotopic (exact) mass is 1120 g/mol. The first-order valence-corrected chi connectivity index (χ1v) is 29.1. The highest BCUT2D eigenvalue weighted by Crippen LogP contribution is 2.23. The average Bonchev–Trinajstić information content (AvgIpc) is 4.05. The predicted molar refractivity (Wildman–Crippen MR) is 324 cm³/mol. The number of aryl methyl sites for hydroxylation is 2. The van der Waals surface area contributed by atoms with Gasteiger partial charge in [0.05, 0.1) is 0 Å². The van der Waals surface area contributed by atoms with E-state index in [1.54, 1.807) is 23.4 Å². The van der Waals surface area contributed by atoms with E-state index in [1.165, 1.54) is 40.0 Å². The second-order valence-electron chi connectivity index (χ2n) is 21.6. The van der Waals surface area contributed by atoms with Gasteiger partial charge in [0.25, 0.3) is 0 Å². The summed E-state index contributed by atoms with van der Waals surface area (Å²) in [5, 5.41) is 30.6. The Bertz CT molecular complexity index is 2370. The Morgan fingerprint density at radius 1 is 0.779 bits per heavy atom. The van der Waals surface area contributed by atoms with E-state index in [2.05, 4.69) is 187 Å². The van der Waals surface area contributed by atoms with E-state index in [1.807, 2.05) is 59.4 Å². The molecule has 1 aliphatic carbocycles. The molecule has 0 amide bonds. The molecule has 18 heteroatoms. The lowest BCUT2D eigenvalue weighted by Gasteiger charge is -2.20. The van der Waals surface area contributed by atoms with Crippen LogP contribution in [0.15, 0.2) is 113 Å². The molecule has 0 saturated carbocycles. The summed E-state index contributed by atoms with van der Waals surface area (Å²) >= 11 is 13.3. The number of nitrogens with two attached hydrogens (primary N) is 2. The number of thioether (sulfide) groups is 1. The Labute approximate surface area is 478 Å². The number of pyridine rings is 2. The number of benzene rings is 1. The molecule has 2 atom stereocenters. The topological polar surface area (TPSA) is 204 Å². The summed E-state index contributed by atoms with van der Waals surface area (Å²) in [6.07, 6.45) is 21.9. The van der Waals surface area contributed by atoms with Gasteiger partial charge in [-0.05, 0) is 125 Å². The number of aromatic nitrogens is 10. The molecule has 2 unspecified atom stereocenters. The van der Waals surface area contributed by atoms with Crippen molar-refractivity contribution in [3.05, 3.63) is 140 Å². The Balaban J connectivity index is 0.000000877. The van der Waals surface area contributed by atoms with Crippen molar-refractivity contribution in [2.24, 2.45) is 58.8 Å². The van der Waals surface area contributed by atoms with E-state index in [0.29, 0.717) is 35.3 Å². The van der Waals surface area contributed by atoms with E-state index >= 15 is 0 Å². The van der Waals surface area contributed by atoms with Crippen LogP contribution >= 0.6 is 35.0 Å². The molecule has 1 aromatic carbocycles. The molecule has 77 heavy (non-hydrogen) atoms. The molecule has 0 spiro atoms. The van der Waals surface area contributed by atoms with E-state index in [9.17, 15) is 4.79 Å². The number of nitrogens with zero attached hydrogens (tertiary/aromatic N) is 10. The number of allylic oxidation sites excluding steroid dienone is 4. The fraction of sp³-hybridized carbons (Fsp3) is 0.593. The Morgan fingerprint density at radius 2 is 1.38 bits per heavy atom.